The number of alkyl carbamates (subject to hydrolysis) is 1. The number of halogens is 1. The number of ether oxygens (including phenoxy) is 1. The molecule has 0 saturated carbocycles. The van der Waals surface area contributed by atoms with Crippen LogP contribution in [0, 0.1) is 5.82 Å². The standard InChI is InChI=1S/C12H12FNO5S/c1-2-19-12(18)14-10(15)6-20-7-3-4-9(13)8(5-7)11(16)17/h3-5H,2,6H2,1H3,(H,16,17)(H,14,15,18). The number of carbonyl (C=O) groups is 3. The minimum atomic E-state index is -1.39. The molecule has 0 aliphatic heterocycles. The molecule has 0 saturated heterocycles. The summed E-state index contributed by atoms with van der Waals surface area (Å²) in [5.74, 6) is -2.95. The summed E-state index contributed by atoms with van der Waals surface area (Å²) in [6.07, 6.45) is -0.844. The van der Waals surface area contributed by atoms with E-state index < -0.39 is 29.4 Å². The Morgan fingerprint density at radius 3 is 2.70 bits per heavy atom. The van der Waals surface area contributed by atoms with Crippen LogP contribution >= 0.6 is 11.8 Å². The third kappa shape index (κ3) is 4.88. The van der Waals surface area contributed by atoms with Gasteiger partial charge in [-0.1, -0.05) is 0 Å². The monoisotopic (exact) mass is 301 g/mol. The Hall–Kier alpha value is -2.09. The van der Waals surface area contributed by atoms with E-state index in [2.05, 4.69) is 4.74 Å². The Balaban J connectivity index is 2.58. The predicted molar refractivity (Wildman–Crippen MR) is 69.2 cm³/mol. The maximum atomic E-state index is 13.1. The predicted octanol–water partition coefficient (Wildman–Crippen LogP) is 1.89. The molecule has 20 heavy (non-hydrogen) atoms. The number of benzene rings is 1. The van der Waals surface area contributed by atoms with Crippen molar-refractivity contribution in [3.05, 3.63) is 29.6 Å². The molecule has 0 aromatic heterocycles. The fourth-order valence-electron chi connectivity index (χ4n) is 1.22. The summed E-state index contributed by atoms with van der Waals surface area (Å²) in [6.45, 7) is 1.75. The van der Waals surface area contributed by atoms with E-state index in [4.69, 9.17) is 5.11 Å². The average Bonchev–Trinajstić information content (AvgIpc) is 2.37. The van der Waals surface area contributed by atoms with Gasteiger partial charge in [-0.15, -0.1) is 11.8 Å². The van der Waals surface area contributed by atoms with E-state index in [0.29, 0.717) is 4.90 Å². The average molecular weight is 301 g/mol. The van der Waals surface area contributed by atoms with E-state index in [9.17, 15) is 18.8 Å². The lowest BCUT2D eigenvalue weighted by Crippen LogP contribution is -2.32. The fourth-order valence-corrected chi connectivity index (χ4v) is 1.96. The molecule has 1 aromatic rings. The SMILES string of the molecule is CCOC(=O)NC(=O)CSc1ccc(F)c(C(=O)O)c1. The van der Waals surface area contributed by atoms with Crippen LogP contribution < -0.4 is 5.32 Å². The number of hydrogen-bond acceptors (Lipinski definition) is 5. The number of carbonyl (C=O) groups excluding carboxylic acids is 2. The highest BCUT2D eigenvalue weighted by molar-refractivity contribution is 8.00. The molecule has 0 bridgehead atoms. The Labute approximate surface area is 118 Å². The summed E-state index contributed by atoms with van der Waals surface area (Å²) in [6, 6.07) is 3.49. The van der Waals surface area contributed by atoms with Gasteiger partial charge in [0, 0.05) is 4.90 Å². The Morgan fingerprint density at radius 2 is 2.10 bits per heavy atom. The molecule has 0 spiro atoms. The second kappa shape index (κ2) is 7.49. The Bertz CT molecular complexity index is 535. The molecule has 8 heteroatoms. The van der Waals surface area contributed by atoms with Crippen molar-refractivity contribution in [2.24, 2.45) is 0 Å². The van der Waals surface area contributed by atoms with Crippen LogP contribution in [0.15, 0.2) is 23.1 Å². The zero-order chi connectivity index (χ0) is 15.1. The smallest absolute Gasteiger partial charge is 0.413 e. The number of aromatic carboxylic acids is 1. The van der Waals surface area contributed by atoms with Crippen molar-refractivity contribution < 1.29 is 28.6 Å². The van der Waals surface area contributed by atoms with Gasteiger partial charge in [-0.2, -0.15) is 0 Å². The number of rotatable bonds is 5. The molecule has 0 atom stereocenters. The van der Waals surface area contributed by atoms with E-state index in [-0.39, 0.29) is 12.4 Å². The van der Waals surface area contributed by atoms with Gasteiger partial charge in [0.05, 0.1) is 17.9 Å². The second-order valence-corrected chi connectivity index (χ2v) is 4.55. The Kier molecular flexibility index (Phi) is 5.98. The van der Waals surface area contributed by atoms with Crippen LogP contribution in [0.5, 0.6) is 0 Å². The largest absolute Gasteiger partial charge is 0.478 e. The lowest BCUT2D eigenvalue weighted by molar-refractivity contribution is -0.117. The van der Waals surface area contributed by atoms with Gasteiger partial charge in [0.25, 0.3) is 0 Å². The van der Waals surface area contributed by atoms with Crippen molar-refractivity contribution in [1.82, 2.24) is 5.32 Å². The highest BCUT2D eigenvalue weighted by atomic mass is 32.2. The number of carboxylic acid groups (broad SMARTS) is 1. The lowest BCUT2D eigenvalue weighted by atomic mass is 10.2. The van der Waals surface area contributed by atoms with Crippen molar-refractivity contribution in [3.63, 3.8) is 0 Å². The van der Waals surface area contributed by atoms with Crippen LogP contribution in [0.25, 0.3) is 0 Å². The Morgan fingerprint density at radius 1 is 1.40 bits per heavy atom. The first-order valence-electron chi connectivity index (χ1n) is 5.56. The summed E-state index contributed by atoms with van der Waals surface area (Å²) in [7, 11) is 0. The third-order valence-electron chi connectivity index (χ3n) is 2.06. The van der Waals surface area contributed by atoms with Gasteiger partial charge in [0.15, 0.2) is 0 Å². The highest BCUT2D eigenvalue weighted by Gasteiger charge is 2.13. The topological polar surface area (TPSA) is 92.7 Å². The quantitative estimate of drug-likeness (QED) is 0.807. The van der Waals surface area contributed by atoms with Gasteiger partial charge in [-0.3, -0.25) is 10.1 Å². The number of thioether (sulfide) groups is 1. The van der Waals surface area contributed by atoms with Crippen molar-refractivity contribution >= 4 is 29.7 Å². The van der Waals surface area contributed by atoms with E-state index >= 15 is 0 Å². The summed E-state index contributed by atoms with van der Waals surface area (Å²) in [4.78, 5) is 33.5. The first kappa shape index (κ1) is 16.0. The molecule has 0 heterocycles. The third-order valence-corrected chi connectivity index (χ3v) is 3.05. The second-order valence-electron chi connectivity index (χ2n) is 3.50. The molecule has 0 aliphatic carbocycles. The van der Waals surface area contributed by atoms with Gasteiger partial charge in [-0.25, -0.2) is 14.0 Å². The molecule has 0 aliphatic rings. The highest BCUT2D eigenvalue weighted by Crippen LogP contribution is 2.21. The van der Waals surface area contributed by atoms with Gasteiger partial charge in [0.1, 0.15) is 5.82 Å². The molecule has 6 nitrogen and oxygen atoms in total. The molecular formula is C12H12FNO5S. The number of nitrogens with one attached hydrogen (secondary N) is 1. The van der Waals surface area contributed by atoms with Crippen molar-refractivity contribution in [3.8, 4) is 0 Å². The fraction of sp³-hybridized carbons (Fsp3) is 0.250. The van der Waals surface area contributed by atoms with Gasteiger partial charge >= 0.3 is 12.1 Å². The molecule has 0 fully saturated rings. The van der Waals surface area contributed by atoms with E-state index in [1.165, 1.54) is 6.07 Å². The summed E-state index contributed by atoms with van der Waals surface area (Å²) < 4.78 is 17.7. The molecule has 1 aromatic carbocycles. The maximum absolute atomic E-state index is 13.1. The zero-order valence-electron chi connectivity index (χ0n) is 10.5. The van der Waals surface area contributed by atoms with Gasteiger partial charge in [0.2, 0.25) is 5.91 Å². The van der Waals surface area contributed by atoms with Crippen LogP contribution in [-0.4, -0.2) is 35.4 Å². The first-order valence-corrected chi connectivity index (χ1v) is 6.54. The van der Waals surface area contributed by atoms with Crippen LogP contribution in [0.2, 0.25) is 0 Å². The molecule has 108 valence electrons. The lowest BCUT2D eigenvalue weighted by Gasteiger charge is -2.05. The van der Waals surface area contributed by atoms with Crippen molar-refractivity contribution in [2.45, 2.75) is 11.8 Å². The van der Waals surface area contributed by atoms with E-state index in [1.807, 2.05) is 5.32 Å². The molecule has 2 N–H and O–H groups in total. The van der Waals surface area contributed by atoms with E-state index in [1.54, 1.807) is 6.92 Å². The van der Waals surface area contributed by atoms with Crippen molar-refractivity contribution in [1.29, 1.82) is 0 Å². The maximum Gasteiger partial charge on any atom is 0.413 e. The summed E-state index contributed by atoms with van der Waals surface area (Å²) >= 11 is 0.979. The van der Waals surface area contributed by atoms with E-state index in [0.717, 1.165) is 23.9 Å². The van der Waals surface area contributed by atoms with Gasteiger partial charge < -0.3 is 9.84 Å². The number of carboxylic acids is 1. The summed E-state index contributed by atoms with van der Waals surface area (Å²) in [5.41, 5.74) is -0.471. The molecule has 2 amide bonds. The summed E-state index contributed by atoms with van der Waals surface area (Å²) in [5, 5.41) is 10.7. The van der Waals surface area contributed by atoms with Gasteiger partial charge in [-0.05, 0) is 25.1 Å². The van der Waals surface area contributed by atoms with Crippen LogP contribution in [-0.2, 0) is 9.53 Å². The van der Waals surface area contributed by atoms with Crippen LogP contribution in [0.1, 0.15) is 17.3 Å². The van der Waals surface area contributed by atoms with Crippen LogP contribution in [0.4, 0.5) is 9.18 Å². The molecule has 0 radical (unpaired) electrons. The minimum absolute atomic E-state index is 0.122. The van der Waals surface area contributed by atoms with Crippen LogP contribution in [0.3, 0.4) is 0 Å². The van der Waals surface area contributed by atoms with Crippen molar-refractivity contribution in [2.75, 3.05) is 12.4 Å². The molecular weight excluding hydrogens is 289 g/mol. The molecule has 1 rings (SSSR count). The zero-order valence-corrected chi connectivity index (χ0v) is 11.3. The number of amides is 2. The number of imide groups is 1. The number of hydrogen-bond donors (Lipinski definition) is 2. The first-order chi connectivity index (χ1) is 9.43. The minimum Gasteiger partial charge on any atom is -0.478 e. The normalized spacial score (nSPS) is 9.90. The molecule has 0 unspecified atom stereocenters.